The van der Waals surface area contributed by atoms with Crippen molar-refractivity contribution in [3.63, 3.8) is 0 Å². The normalized spacial score (nSPS) is 19.5. The molecule has 0 radical (unpaired) electrons. The number of alkyl halides is 5. The summed E-state index contributed by atoms with van der Waals surface area (Å²) in [5.74, 6) is -8.24. The molecule has 1 aliphatic heterocycles. The van der Waals surface area contributed by atoms with Crippen LogP contribution in [-0.2, 0) is 24.2 Å². The average Bonchev–Trinajstić information content (AvgIpc) is 2.79. The number of para-hydroxylation sites is 1. The van der Waals surface area contributed by atoms with E-state index in [4.69, 9.17) is 0 Å². The first kappa shape index (κ1) is 26.4. The Morgan fingerprint density at radius 3 is 2.24 bits per heavy atom. The minimum atomic E-state index is -5.87. The number of benzene rings is 1. The van der Waals surface area contributed by atoms with Gasteiger partial charge in [0.25, 0.3) is 0 Å². The summed E-state index contributed by atoms with van der Waals surface area (Å²) < 4.78 is 86.6. The highest BCUT2D eigenvalue weighted by Gasteiger charge is 2.57. The van der Waals surface area contributed by atoms with E-state index in [-0.39, 0.29) is 0 Å². The molecular formula is C18H21F5N4O5S. The van der Waals surface area contributed by atoms with Gasteiger partial charge < -0.3 is 15.5 Å². The fourth-order valence-electron chi connectivity index (χ4n) is 3.01. The minimum absolute atomic E-state index is 0.301. The van der Waals surface area contributed by atoms with Crippen molar-refractivity contribution in [1.29, 1.82) is 0 Å². The number of anilines is 1. The summed E-state index contributed by atoms with van der Waals surface area (Å²) in [4.78, 5) is 37.4. The van der Waals surface area contributed by atoms with Crippen molar-refractivity contribution in [2.24, 2.45) is 0 Å². The number of carbonyl (C=O) groups is 3. The van der Waals surface area contributed by atoms with Crippen molar-refractivity contribution < 1.29 is 44.8 Å². The molecule has 184 valence electrons. The van der Waals surface area contributed by atoms with Gasteiger partial charge in [-0.1, -0.05) is 18.2 Å². The maximum atomic E-state index is 12.8. The first-order valence-electron chi connectivity index (χ1n) is 9.34. The third kappa shape index (κ3) is 6.37. The van der Waals surface area contributed by atoms with E-state index in [0.717, 1.165) is 6.26 Å². The number of halogens is 5. The molecule has 0 saturated carbocycles. The molecule has 15 heteroatoms. The Hall–Kier alpha value is -2.81. The number of nitrogens with one attached hydrogen (secondary N) is 3. The summed E-state index contributed by atoms with van der Waals surface area (Å²) in [5, 5.41) is 4.85. The Kier molecular flexibility index (Phi) is 7.68. The molecule has 9 nitrogen and oxygen atoms in total. The van der Waals surface area contributed by atoms with E-state index in [1.165, 1.54) is 29.4 Å². The van der Waals surface area contributed by atoms with Crippen LogP contribution < -0.4 is 20.9 Å². The van der Waals surface area contributed by atoms with Gasteiger partial charge in [-0.15, -0.1) is 0 Å². The molecule has 0 spiro atoms. The molecule has 1 aromatic carbocycles. The van der Waals surface area contributed by atoms with Crippen LogP contribution in [0.2, 0.25) is 0 Å². The number of amides is 3. The topological polar surface area (TPSA) is 125 Å². The van der Waals surface area contributed by atoms with Crippen molar-refractivity contribution in [2.45, 2.75) is 29.9 Å². The smallest absolute Gasteiger partial charge is 0.354 e. The Morgan fingerprint density at radius 1 is 1.09 bits per heavy atom. The maximum absolute atomic E-state index is 12.8. The molecular weight excluding hydrogens is 479 g/mol. The largest absolute Gasteiger partial charge is 0.455 e. The highest BCUT2D eigenvalue weighted by Crippen LogP contribution is 2.34. The van der Waals surface area contributed by atoms with Crippen LogP contribution in [-0.4, -0.2) is 70.7 Å². The number of carbonyl (C=O) groups excluding carboxylic acids is 3. The van der Waals surface area contributed by atoms with Crippen molar-refractivity contribution in [1.82, 2.24) is 16.0 Å². The van der Waals surface area contributed by atoms with Gasteiger partial charge in [-0.25, -0.2) is 8.42 Å². The van der Waals surface area contributed by atoms with E-state index >= 15 is 0 Å². The van der Waals surface area contributed by atoms with E-state index in [0.29, 0.717) is 11.3 Å². The van der Waals surface area contributed by atoms with Crippen molar-refractivity contribution in [3.8, 4) is 0 Å². The van der Waals surface area contributed by atoms with E-state index in [9.17, 15) is 44.8 Å². The summed E-state index contributed by atoms with van der Waals surface area (Å²) in [5.41, 5.74) is 0.624. The fourth-order valence-corrected chi connectivity index (χ4v) is 4.08. The minimum Gasteiger partial charge on any atom is -0.354 e. The van der Waals surface area contributed by atoms with Crippen LogP contribution in [0.15, 0.2) is 24.3 Å². The first-order chi connectivity index (χ1) is 15.0. The van der Waals surface area contributed by atoms with Gasteiger partial charge in [-0.3, -0.25) is 19.7 Å². The molecule has 1 unspecified atom stereocenters. The van der Waals surface area contributed by atoms with Crippen molar-refractivity contribution in [3.05, 3.63) is 29.8 Å². The maximum Gasteiger partial charge on any atom is 0.455 e. The number of fused-ring (bicyclic) bond motifs is 1. The van der Waals surface area contributed by atoms with E-state index in [1.54, 1.807) is 12.1 Å². The van der Waals surface area contributed by atoms with Crippen molar-refractivity contribution in [2.75, 3.05) is 31.3 Å². The molecule has 33 heavy (non-hydrogen) atoms. The summed E-state index contributed by atoms with van der Waals surface area (Å²) >= 11 is 0. The predicted octanol–water partition coefficient (Wildman–Crippen LogP) is 0.484. The molecule has 1 heterocycles. The standard InChI is InChI=1S/C18H21F5N4O5S/c1-27-12-6-4-3-5-10(12)15(33(2,31)32)26-11(16(27)30)8-24-13(28)7-14(29)25-9-17(19,20)18(21,22)23/h3-6,11,15,26H,7-9H2,1-2H3,(H,24,28)(H,25,29)/t11?,15-/m0/s1. The zero-order chi connectivity index (χ0) is 25.2. The van der Waals surface area contributed by atoms with Crippen LogP contribution in [0.5, 0.6) is 0 Å². The van der Waals surface area contributed by atoms with Gasteiger partial charge in [0.05, 0.1) is 6.54 Å². The summed E-state index contributed by atoms with van der Waals surface area (Å²) in [6.07, 6.45) is -6.00. The molecule has 3 amide bonds. The molecule has 1 aromatic rings. The molecule has 1 aliphatic rings. The predicted molar refractivity (Wildman–Crippen MR) is 106 cm³/mol. The second-order valence-corrected chi connectivity index (χ2v) is 9.48. The second kappa shape index (κ2) is 9.59. The molecule has 2 atom stereocenters. The van der Waals surface area contributed by atoms with Crippen LogP contribution >= 0.6 is 0 Å². The van der Waals surface area contributed by atoms with Crippen LogP contribution in [0.3, 0.4) is 0 Å². The van der Waals surface area contributed by atoms with Gasteiger partial charge in [0.2, 0.25) is 17.7 Å². The van der Waals surface area contributed by atoms with Gasteiger partial charge in [0.15, 0.2) is 9.84 Å². The zero-order valence-electron chi connectivity index (χ0n) is 17.4. The summed E-state index contributed by atoms with van der Waals surface area (Å²) in [6, 6.07) is 4.99. The van der Waals surface area contributed by atoms with E-state index in [2.05, 4.69) is 10.6 Å². The number of hydrogen-bond acceptors (Lipinski definition) is 6. The zero-order valence-corrected chi connectivity index (χ0v) is 18.2. The quantitative estimate of drug-likeness (QED) is 0.370. The number of sulfone groups is 1. The lowest BCUT2D eigenvalue weighted by molar-refractivity contribution is -0.278. The third-order valence-electron chi connectivity index (χ3n) is 4.74. The number of likely N-dealkylation sites (N-methyl/N-ethyl adjacent to an activating group) is 1. The Morgan fingerprint density at radius 2 is 1.67 bits per heavy atom. The molecule has 0 aromatic heterocycles. The molecule has 0 saturated heterocycles. The average molecular weight is 500 g/mol. The Balaban J connectivity index is 2.03. The Labute approximate surface area is 185 Å². The van der Waals surface area contributed by atoms with Crippen LogP contribution in [0.4, 0.5) is 27.6 Å². The summed E-state index contributed by atoms with van der Waals surface area (Å²) in [7, 11) is -2.36. The lowest BCUT2D eigenvalue weighted by Crippen LogP contribution is -2.51. The van der Waals surface area contributed by atoms with Gasteiger partial charge in [0, 0.05) is 31.1 Å². The highest BCUT2D eigenvalue weighted by atomic mass is 32.2. The van der Waals surface area contributed by atoms with Crippen LogP contribution in [0, 0.1) is 0 Å². The number of nitrogens with zero attached hydrogens (tertiary/aromatic N) is 1. The molecule has 0 fully saturated rings. The van der Waals surface area contributed by atoms with Gasteiger partial charge in [0.1, 0.15) is 17.8 Å². The Bertz CT molecular complexity index is 1030. The SMILES string of the molecule is CN1C(=O)C(CNC(=O)CC(=O)NCC(F)(F)C(F)(F)F)N[C@@H](S(C)(=O)=O)c2ccccc21. The monoisotopic (exact) mass is 500 g/mol. The molecule has 3 N–H and O–H groups in total. The van der Waals surface area contributed by atoms with E-state index in [1.807, 2.05) is 0 Å². The van der Waals surface area contributed by atoms with Crippen molar-refractivity contribution >= 4 is 33.2 Å². The lowest BCUT2D eigenvalue weighted by Gasteiger charge is -2.22. The second-order valence-electron chi connectivity index (χ2n) is 7.34. The van der Waals surface area contributed by atoms with E-state index < -0.39 is 70.6 Å². The lowest BCUT2D eigenvalue weighted by atomic mass is 10.1. The fraction of sp³-hybridized carbons (Fsp3) is 0.500. The molecule has 0 aliphatic carbocycles. The van der Waals surface area contributed by atoms with Gasteiger partial charge in [-0.05, 0) is 6.07 Å². The number of rotatable bonds is 7. The van der Waals surface area contributed by atoms with Gasteiger partial charge >= 0.3 is 12.1 Å². The van der Waals surface area contributed by atoms with Gasteiger partial charge in [-0.2, -0.15) is 22.0 Å². The first-order valence-corrected chi connectivity index (χ1v) is 11.3. The molecule has 2 rings (SSSR count). The number of hydrogen-bond donors (Lipinski definition) is 3. The summed E-state index contributed by atoms with van der Waals surface area (Å²) in [6.45, 7) is -2.52. The third-order valence-corrected chi connectivity index (χ3v) is 5.98. The van der Waals surface area contributed by atoms with Crippen LogP contribution in [0.1, 0.15) is 17.4 Å². The highest BCUT2D eigenvalue weighted by molar-refractivity contribution is 7.90. The van der Waals surface area contributed by atoms with Crippen LogP contribution in [0.25, 0.3) is 0 Å². The molecule has 0 bridgehead atoms.